The van der Waals surface area contributed by atoms with Crippen LogP contribution < -0.4 is 15.5 Å². The third-order valence-corrected chi connectivity index (χ3v) is 5.70. The van der Waals surface area contributed by atoms with Crippen molar-refractivity contribution in [1.82, 2.24) is 0 Å². The number of ether oxygens (including phenoxy) is 1. The number of amidine groups is 2. The normalized spacial score (nSPS) is 19.8. The number of nitro benzene ring substituents is 2. The molecule has 2 unspecified atom stereocenters. The molecule has 0 fully saturated rings. The van der Waals surface area contributed by atoms with Crippen LogP contribution in [-0.2, 0) is 0 Å². The second-order valence-electron chi connectivity index (χ2n) is 6.35. The standard InChI is InChI=1S/C17H14N6O6S/c1-29-13-6-8(2-5-12(13)24)14-15-16(19-17(18)30-15)20-21(14)10-4-3-9(22(25)26)7-11(10)23(27)28/h2-7,14-15,24H,1H3,(H2,18,19,20). The molecule has 2 aliphatic heterocycles. The van der Waals surface area contributed by atoms with Crippen molar-refractivity contribution in [2.24, 2.45) is 15.8 Å². The summed E-state index contributed by atoms with van der Waals surface area (Å²) in [7, 11) is 1.40. The number of thioether (sulfide) groups is 1. The predicted octanol–water partition coefficient (Wildman–Crippen LogP) is 2.52. The predicted molar refractivity (Wildman–Crippen MR) is 110 cm³/mol. The molecule has 2 aromatic rings. The van der Waals surface area contributed by atoms with Crippen LogP contribution in [0.2, 0.25) is 0 Å². The number of hydrazone groups is 1. The number of anilines is 1. The van der Waals surface area contributed by atoms with E-state index in [-0.39, 0.29) is 22.4 Å². The van der Waals surface area contributed by atoms with Gasteiger partial charge in [0.1, 0.15) is 10.9 Å². The fourth-order valence-corrected chi connectivity index (χ4v) is 4.35. The molecule has 0 bridgehead atoms. The maximum absolute atomic E-state index is 11.6. The minimum atomic E-state index is -0.704. The summed E-state index contributed by atoms with van der Waals surface area (Å²) in [5.41, 5.74) is 5.66. The van der Waals surface area contributed by atoms with Crippen LogP contribution in [0.15, 0.2) is 46.5 Å². The molecule has 2 aliphatic rings. The third kappa shape index (κ3) is 3.14. The summed E-state index contributed by atoms with van der Waals surface area (Å²) in [5.74, 6) is 0.529. The Morgan fingerprint density at radius 3 is 2.63 bits per heavy atom. The van der Waals surface area contributed by atoms with E-state index in [9.17, 15) is 25.3 Å². The van der Waals surface area contributed by atoms with Crippen LogP contribution in [-0.4, -0.2) is 38.3 Å². The van der Waals surface area contributed by atoms with E-state index in [2.05, 4.69) is 10.1 Å². The second kappa shape index (κ2) is 7.18. The minimum absolute atomic E-state index is 0.0666. The molecule has 2 heterocycles. The fourth-order valence-electron chi connectivity index (χ4n) is 3.33. The number of non-ortho nitro benzene ring substituents is 1. The van der Waals surface area contributed by atoms with E-state index in [0.717, 1.165) is 6.07 Å². The monoisotopic (exact) mass is 430 g/mol. The molecule has 0 saturated carbocycles. The highest BCUT2D eigenvalue weighted by Gasteiger charge is 2.45. The topological polar surface area (TPSA) is 170 Å². The van der Waals surface area contributed by atoms with E-state index >= 15 is 0 Å². The number of rotatable bonds is 5. The summed E-state index contributed by atoms with van der Waals surface area (Å²) >= 11 is 1.25. The zero-order chi connectivity index (χ0) is 21.6. The number of aromatic hydroxyl groups is 1. The van der Waals surface area contributed by atoms with Gasteiger partial charge in [-0.05, 0) is 23.8 Å². The van der Waals surface area contributed by atoms with Gasteiger partial charge in [-0.25, -0.2) is 10.0 Å². The molecular formula is C17H14N6O6S. The van der Waals surface area contributed by atoms with Gasteiger partial charge in [0.05, 0.1) is 29.1 Å². The van der Waals surface area contributed by atoms with Gasteiger partial charge in [0.2, 0.25) is 0 Å². The van der Waals surface area contributed by atoms with E-state index in [4.69, 9.17) is 10.5 Å². The summed E-state index contributed by atoms with van der Waals surface area (Å²) < 4.78 is 5.17. The number of phenols is 1. The van der Waals surface area contributed by atoms with Gasteiger partial charge in [0, 0.05) is 6.07 Å². The van der Waals surface area contributed by atoms with Gasteiger partial charge in [-0.1, -0.05) is 17.8 Å². The number of nitro groups is 2. The molecule has 0 amide bonds. The average Bonchev–Trinajstić information content (AvgIpc) is 3.23. The molecular weight excluding hydrogens is 416 g/mol. The number of nitrogens with zero attached hydrogens (tertiary/aromatic N) is 5. The molecule has 13 heteroatoms. The van der Waals surface area contributed by atoms with Gasteiger partial charge in [-0.2, -0.15) is 5.10 Å². The number of fused-ring (bicyclic) bond motifs is 1. The molecule has 3 N–H and O–H groups in total. The number of hydrogen-bond acceptors (Lipinski definition) is 11. The van der Waals surface area contributed by atoms with Crippen molar-refractivity contribution < 1.29 is 19.7 Å². The van der Waals surface area contributed by atoms with Gasteiger partial charge in [-0.15, -0.1) is 0 Å². The van der Waals surface area contributed by atoms with Crippen LogP contribution in [0, 0.1) is 20.2 Å². The van der Waals surface area contributed by atoms with Crippen LogP contribution in [0.1, 0.15) is 11.6 Å². The lowest BCUT2D eigenvalue weighted by Crippen LogP contribution is -2.27. The average molecular weight is 430 g/mol. The van der Waals surface area contributed by atoms with Crippen LogP contribution in [0.25, 0.3) is 0 Å². The van der Waals surface area contributed by atoms with E-state index in [0.29, 0.717) is 16.6 Å². The lowest BCUT2D eigenvalue weighted by molar-refractivity contribution is -0.393. The molecule has 4 rings (SSSR count). The van der Waals surface area contributed by atoms with Crippen LogP contribution in [0.4, 0.5) is 17.1 Å². The summed E-state index contributed by atoms with van der Waals surface area (Å²) in [5, 5.41) is 38.4. The molecule has 30 heavy (non-hydrogen) atoms. The third-order valence-electron chi connectivity index (χ3n) is 4.65. The number of hydrogen-bond donors (Lipinski definition) is 2. The van der Waals surface area contributed by atoms with Gasteiger partial charge >= 0.3 is 5.69 Å². The van der Waals surface area contributed by atoms with Gasteiger partial charge in [0.15, 0.2) is 22.5 Å². The highest BCUT2D eigenvalue weighted by molar-refractivity contribution is 8.15. The molecule has 0 aliphatic carbocycles. The van der Waals surface area contributed by atoms with Crippen molar-refractivity contribution in [3.05, 3.63) is 62.2 Å². The Labute approximate surface area is 172 Å². The molecule has 154 valence electrons. The summed E-state index contributed by atoms with van der Waals surface area (Å²) in [4.78, 5) is 25.5. The van der Waals surface area contributed by atoms with Crippen LogP contribution in [0.5, 0.6) is 11.5 Å². The lowest BCUT2D eigenvalue weighted by atomic mass is 10.0. The number of benzene rings is 2. The molecule has 12 nitrogen and oxygen atoms in total. The van der Waals surface area contributed by atoms with E-state index in [1.54, 1.807) is 12.1 Å². The summed E-state index contributed by atoms with van der Waals surface area (Å²) in [6.07, 6.45) is 0. The molecule has 0 radical (unpaired) electrons. The van der Waals surface area contributed by atoms with Gasteiger partial charge in [-0.3, -0.25) is 20.2 Å². The van der Waals surface area contributed by atoms with Crippen LogP contribution >= 0.6 is 11.8 Å². The van der Waals surface area contributed by atoms with Gasteiger partial charge < -0.3 is 15.6 Å². The van der Waals surface area contributed by atoms with Crippen molar-refractivity contribution in [2.75, 3.05) is 12.1 Å². The van der Waals surface area contributed by atoms with Crippen LogP contribution in [0.3, 0.4) is 0 Å². The first-order chi connectivity index (χ1) is 14.3. The maximum atomic E-state index is 11.6. The quantitative estimate of drug-likeness (QED) is 0.534. The Kier molecular flexibility index (Phi) is 4.66. The van der Waals surface area contributed by atoms with Gasteiger partial charge in [0.25, 0.3) is 5.69 Å². The largest absolute Gasteiger partial charge is 0.504 e. The number of phenolic OH excluding ortho intramolecular Hbond substituents is 1. The Balaban J connectivity index is 1.87. The molecule has 0 saturated heterocycles. The Morgan fingerprint density at radius 2 is 1.97 bits per heavy atom. The Morgan fingerprint density at radius 1 is 1.20 bits per heavy atom. The zero-order valence-electron chi connectivity index (χ0n) is 15.3. The van der Waals surface area contributed by atoms with Crippen molar-refractivity contribution in [2.45, 2.75) is 11.3 Å². The van der Waals surface area contributed by atoms with E-state index < -0.39 is 27.3 Å². The molecule has 0 spiro atoms. The minimum Gasteiger partial charge on any atom is -0.504 e. The fraction of sp³-hybridized carbons (Fsp3) is 0.176. The van der Waals surface area contributed by atoms with E-state index in [1.165, 1.54) is 42.1 Å². The molecule has 0 aromatic heterocycles. The zero-order valence-corrected chi connectivity index (χ0v) is 16.1. The highest BCUT2D eigenvalue weighted by atomic mass is 32.2. The summed E-state index contributed by atoms with van der Waals surface area (Å²) in [6.45, 7) is 0. The first-order valence-corrected chi connectivity index (χ1v) is 9.36. The van der Waals surface area contributed by atoms with Crippen molar-refractivity contribution in [1.29, 1.82) is 0 Å². The van der Waals surface area contributed by atoms with Crippen molar-refractivity contribution in [3.8, 4) is 11.5 Å². The second-order valence-corrected chi connectivity index (χ2v) is 7.52. The number of aliphatic imine (C=N–C) groups is 1. The first kappa shape index (κ1) is 19.4. The Hall–Kier alpha value is -3.87. The smallest absolute Gasteiger partial charge is 0.301 e. The first-order valence-electron chi connectivity index (χ1n) is 8.48. The Bertz CT molecular complexity index is 1140. The SMILES string of the molecule is COc1cc(C2C3SC(N)=NC3=NN2c2ccc([N+](=O)[O-])cc2[N+](=O)[O-])ccc1O. The lowest BCUT2D eigenvalue weighted by Gasteiger charge is -2.27. The molecule has 2 aromatic carbocycles. The van der Waals surface area contributed by atoms with Crippen molar-refractivity contribution >= 4 is 39.8 Å². The maximum Gasteiger partial charge on any atom is 0.301 e. The highest BCUT2D eigenvalue weighted by Crippen LogP contribution is 2.47. The molecule has 2 atom stereocenters. The van der Waals surface area contributed by atoms with Crippen molar-refractivity contribution in [3.63, 3.8) is 0 Å². The number of nitrogens with two attached hydrogens (primary N) is 1. The summed E-state index contributed by atoms with van der Waals surface area (Å²) in [6, 6.07) is 7.45. The number of methoxy groups -OCH3 is 1. The van der Waals surface area contributed by atoms with E-state index in [1.807, 2.05) is 0 Å².